The second-order valence-corrected chi connectivity index (χ2v) is 5.94. The molecule has 1 aliphatic rings. The number of hydrogen-bond acceptors (Lipinski definition) is 2. The van der Waals surface area contributed by atoms with Crippen molar-refractivity contribution in [1.82, 2.24) is 10.2 Å². The van der Waals surface area contributed by atoms with Crippen LogP contribution in [0.25, 0.3) is 0 Å². The van der Waals surface area contributed by atoms with E-state index in [0.29, 0.717) is 0 Å². The van der Waals surface area contributed by atoms with Crippen LogP contribution >= 0.6 is 0 Å². The first-order valence-corrected chi connectivity index (χ1v) is 7.57. The van der Waals surface area contributed by atoms with Crippen molar-refractivity contribution in [3.05, 3.63) is 34.9 Å². The van der Waals surface area contributed by atoms with Crippen LogP contribution in [0.5, 0.6) is 0 Å². The summed E-state index contributed by atoms with van der Waals surface area (Å²) in [6.45, 7) is 7.96. The van der Waals surface area contributed by atoms with E-state index in [1.807, 2.05) is 14.0 Å². The van der Waals surface area contributed by atoms with Gasteiger partial charge in [-0.15, -0.1) is 0 Å². The summed E-state index contributed by atoms with van der Waals surface area (Å²) in [5.74, 6) is 0.327. The minimum Gasteiger partial charge on any atom is -0.335 e. The van der Waals surface area contributed by atoms with Gasteiger partial charge in [0.2, 0.25) is 5.91 Å². The van der Waals surface area contributed by atoms with Crippen LogP contribution in [0.15, 0.2) is 18.2 Å². The molecular weight excluding hydrogens is 248 g/mol. The first-order chi connectivity index (χ1) is 9.56. The Bertz CT molecular complexity index is 484. The average Bonchev–Trinajstić information content (AvgIpc) is 2.90. The molecule has 20 heavy (non-hydrogen) atoms. The molecule has 2 unspecified atom stereocenters. The summed E-state index contributed by atoms with van der Waals surface area (Å²) in [4.78, 5) is 14.7. The van der Waals surface area contributed by atoms with Crippen molar-refractivity contribution >= 4 is 5.91 Å². The zero-order valence-electron chi connectivity index (χ0n) is 13.1. The number of nitrogens with one attached hydrogen (secondary N) is 1. The molecule has 1 heterocycles. The van der Waals surface area contributed by atoms with Crippen molar-refractivity contribution in [1.29, 1.82) is 0 Å². The summed E-state index contributed by atoms with van der Waals surface area (Å²) in [5.41, 5.74) is 3.97. The predicted molar refractivity (Wildman–Crippen MR) is 82.7 cm³/mol. The fraction of sp³-hybridized carbons (Fsp3) is 0.588. The van der Waals surface area contributed by atoms with Crippen LogP contribution in [0, 0.1) is 19.8 Å². The number of benzene rings is 1. The Balaban J connectivity index is 2.23. The standard InChI is InChI=1S/C17H26N2O/c1-12-7-5-8-15(14(12)3)16-9-6-10-19(16)17(20)13(2)11-18-4/h5,7-8,13,16,18H,6,9-11H2,1-4H3. The summed E-state index contributed by atoms with van der Waals surface area (Å²) < 4.78 is 0. The SMILES string of the molecule is CNCC(C)C(=O)N1CCCC1c1cccc(C)c1C. The van der Waals surface area contributed by atoms with Crippen molar-refractivity contribution in [3.8, 4) is 0 Å². The highest BCUT2D eigenvalue weighted by atomic mass is 16.2. The molecule has 110 valence electrons. The number of amides is 1. The van der Waals surface area contributed by atoms with Crippen LogP contribution in [0.3, 0.4) is 0 Å². The fourth-order valence-corrected chi connectivity index (χ4v) is 3.17. The zero-order chi connectivity index (χ0) is 14.7. The van der Waals surface area contributed by atoms with Gasteiger partial charge in [0.1, 0.15) is 0 Å². The Morgan fingerprint density at radius 3 is 2.90 bits per heavy atom. The summed E-state index contributed by atoms with van der Waals surface area (Å²) in [7, 11) is 1.90. The molecule has 1 fully saturated rings. The molecule has 0 saturated carbocycles. The molecule has 1 aliphatic heterocycles. The van der Waals surface area contributed by atoms with E-state index in [9.17, 15) is 4.79 Å². The van der Waals surface area contributed by atoms with Crippen LogP contribution in [0.2, 0.25) is 0 Å². The molecule has 2 atom stereocenters. The maximum atomic E-state index is 12.6. The average molecular weight is 274 g/mol. The van der Waals surface area contributed by atoms with Crippen molar-refractivity contribution in [2.45, 2.75) is 39.7 Å². The van der Waals surface area contributed by atoms with Crippen LogP contribution in [0.1, 0.15) is 42.5 Å². The predicted octanol–water partition coefficient (Wildman–Crippen LogP) is 2.82. The molecule has 1 aromatic carbocycles. The molecule has 1 aromatic rings. The van der Waals surface area contributed by atoms with Crippen molar-refractivity contribution in [2.75, 3.05) is 20.1 Å². The lowest BCUT2D eigenvalue weighted by Gasteiger charge is -2.29. The maximum absolute atomic E-state index is 12.6. The molecule has 0 radical (unpaired) electrons. The number of likely N-dealkylation sites (tertiary alicyclic amines) is 1. The Morgan fingerprint density at radius 2 is 2.20 bits per heavy atom. The third-order valence-corrected chi connectivity index (χ3v) is 4.47. The van der Waals surface area contributed by atoms with E-state index in [2.05, 4.69) is 42.3 Å². The number of hydrogen-bond donors (Lipinski definition) is 1. The van der Waals surface area contributed by atoms with Crippen LogP contribution in [-0.4, -0.2) is 30.9 Å². The van der Waals surface area contributed by atoms with Gasteiger partial charge < -0.3 is 10.2 Å². The van der Waals surface area contributed by atoms with E-state index in [-0.39, 0.29) is 17.9 Å². The summed E-state index contributed by atoms with van der Waals surface area (Å²) >= 11 is 0. The Labute approximate surface area is 122 Å². The van der Waals surface area contributed by atoms with Crippen LogP contribution < -0.4 is 5.32 Å². The van der Waals surface area contributed by atoms with E-state index in [1.54, 1.807) is 0 Å². The molecule has 1 N–H and O–H groups in total. The number of rotatable bonds is 4. The first-order valence-electron chi connectivity index (χ1n) is 7.57. The van der Waals surface area contributed by atoms with Gasteiger partial charge in [0.25, 0.3) is 0 Å². The van der Waals surface area contributed by atoms with Gasteiger partial charge in [0, 0.05) is 19.0 Å². The van der Waals surface area contributed by atoms with E-state index in [0.717, 1.165) is 25.9 Å². The lowest BCUT2D eigenvalue weighted by molar-refractivity contribution is -0.135. The van der Waals surface area contributed by atoms with Gasteiger partial charge in [0.05, 0.1) is 6.04 Å². The summed E-state index contributed by atoms with van der Waals surface area (Å²) in [5, 5.41) is 3.10. The van der Waals surface area contributed by atoms with Gasteiger partial charge >= 0.3 is 0 Å². The molecule has 3 nitrogen and oxygen atoms in total. The number of nitrogens with zero attached hydrogens (tertiary/aromatic N) is 1. The molecule has 1 amide bonds. The second kappa shape index (κ2) is 6.40. The molecule has 3 heteroatoms. The number of carbonyl (C=O) groups is 1. The Morgan fingerprint density at radius 1 is 1.45 bits per heavy atom. The van der Waals surface area contributed by atoms with Crippen molar-refractivity contribution in [3.63, 3.8) is 0 Å². The van der Waals surface area contributed by atoms with Gasteiger partial charge in [-0.25, -0.2) is 0 Å². The molecule has 2 rings (SSSR count). The van der Waals surface area contributed by atoms with Crippen molar-refractivity contribution in [2.24, 2.45) is 5.92 Å². The zero-order valence-corrected chi connectivity index (χ0v) is 13.1. The number of carbonyl (C=O) groups excluding carboxylic acids is 1. The molecule has 0 spiro atoms. The minimum absolute atomic E-state index is 0.0470. The first kappa shape index (κ1) is 15.0. The van der Waals surface area contributed by atoms with Crippen molar-refractivity contribution < 1.29 is 4.79 Å². The smallest absolute Gasteiger partial charge is 0.227 e. The van der Waals surface area contributed by atoms with Gasteiger partial charge in [-0.1, -0.05) is 25.1 Å². The lowest BCUT2D eigenvalue weighted by atomic mass is 9.95. The largest absolute Gasteiger partial charge is 0.335 e. The van der Waals surface area contributed by atoms with Crippen LogP contribution in [0.4, 0.5) is 0 Å². The topological polar surface area (TPSA) is 32.3 Å². The highest BCUT2D eigenvalue weighted by Gasteiger charge is 2.32. The normalized spacial score (nSPS) is 20.2. The quantitative estimate of drug-likeness (QED) is 0.915. The van der Waals surface area contributed by atoms with Gasteiger partial charge in [-0.05, 0) is 50.4 Å². The fourth-order valence-electron chi connectivity index (χ4n) is 3.17. The molecule has 0 bridgehead atoms. The molecular formula is C17H26N2O. The second-order valence-electron chi connectivity index (χ2n) is 5.94. The molecule has 0 aromatic heterocycles. The summed E-state index contributed by atoms with van der Waals surface area (Å²) in [6, 6.07) is 6.70. The van der Waals surface area contributed by atoms with Gasteiger partial charge in [0.15, 0.2) is 0 Å². The van der Waals surface area contributed by atoms with Gasteiger partial charge in [-0.2, -0.15) is 0 Å². The Kier molecular flexibility index (Phi) is 4.81. The monoisotopic (exact) mass is 274 g/mol. The molecule has 0 aliphatic carbocycles. The maximum Gasteiger partial charge on any atom is 0.227 e. The van der Waals surface area contributed by atoms with Gasteiger partial charge in [-0.3, -0.25) is 4.79 Å². The van der Waals surface area contributed by atoms with E-state index >= 15 is 0 Å². The van der Waals surface area contributed by atoms with E-state index < -0.39 is 0 Å². The minimum atomic E-state index is 0.0470. The third kappa shape index (κ3) is 2.88. The highest BCUT2D eigenvalue weighted by molar-refractivity contribution is 5.79. The van der Waals surface area contributed by atoms with E-state index in [4.69, 9.17) is 0 Å². The highest BCUT2D eigenvalue weighted by Crippen LogP contribution is 2.35. The van der Waals surface area contributed by atoms with Crippen LogP contribution in [-0.2, 0) is 4.79 Å². The van der Waals surface area contributed by atoms with E-state index in [1.165, 1.54) is 16.7 Å². The lowest BCUT2D eigenvalue weighted by Crippen LogP contribution is -2.38. The number of aryl methyl sites for hydroxylation is 1. The summed E-state index contributed by atoms with van der Waals surface area (Å²) in [6.07, 6.45) is 2.19. The molecule has 1 saturated heterocycles. The Hall–Kier alpha value is -1.35. The third-order valence-electron chi connectivity index (χ3n) is 4.47.